The lowest BCUT2D eigenvalue weighted by Gasteiger charge is -2.45. The van der Waals surface area contributed by atoms with Gasteiger partial charge in [-0.3, -0.25) is 4.90 Å². The van der Waals surface area contributed by atoms with E-state index in [-0.39, 0.29) is 5.96 Å². The van der Waals surface area contributed by atoms with Crippen LogP contribution in [-0.2, 0) is 0 Å². The Morgan fingerprint density at radius 1 is 1.08 bits per heavy atom. The SMILES string of the molecule is COc1cc(N2C(N)=NC(N)=NC23CCCCC3)c(OC)cc1Cl. The van der Waals surface area contributed by atoms with Crippen LogP contribution in [0.4, 0.5) is 5.69 Å². The van der Waals surface area contributed by atoms with Gasteiger partial charge in [0.05, 0.1) is 24.9 Å². The molecular formula is C16H22ClN5O2. The summed E-state index contributed by atoms with van der Waals surface area (Å²) < 4.78 is 10.9. The van der Waals surface area contributed by atoms with Crippen LogP contribution in [0.3, 0.4) is 0 Å². The Balaban J connectivity index is 2.16. The third-order valence-corrected chi connectivity index (χ3v) is 4.84. The van der Waals surface area contributed by atoms with Crippen molar-refractivity contribution in [1.29, 1.82) is 0 Å². The Bertz CT molecular complexity index is 698. The average Bonchev–Trinajstić information content (AvgIpc) is 2.55. The molecule has 1 spiro atoms. The first-order valence-electron chi connectivity index (χ1n) is 7.92. The minimum Gasteiger partial charge on any atom is -0.495 e. The summed E-state index contributed by atoms with van der Waals surface area (Å²) in [5.74, 6) is 1.63. The van der Waals surface area contributed by atoms with Crippen molar-refractivity contribution in [2.75, 3.05) is 19.1 Å². The van der Waals surface area contributed by atoms with Crippen LogP contribution in [0, 0.1) is 0 Å². The third-order valence-electron chi connectivity index (χ3n) is 4.55. The van der Waals surface area contributed by atoms with Crippen molar-refractivity contribution in [2.24, 2.45) is 21.5 Å². The van der Waals surface area contributed by atoms with Crippen molar-refractivity contribution in [1.82, 2.24) is 0 Å². The summed E-state index contributed by atoms with van der Waals surface area (Å²) >= 11 is 6.22. The Hall–Kier alpha value is -2.15. The van der Waals surface area contributed by atoms with Crippen LogP contribution < -0.4 is 25.8 Å². The van der Waals surface area contributed by atoms with Gasteiger partial charge < -0.3 is 20.9 Å². The molecule has 7 nitrogen and oxygen atoms in total. The number of methoxy groups -OCH3 is 2. The van der Waals surface area contributed by atoms with E-state index < -0.39 is 5.66 Å². The van der Waals surface area contributed by atoms with Gasteiger partial charge in [-0.05, 0) is 25.7 Å². The molecule has 1 fully saturated rings. The highest BCUT2D eigenvalue weighted by molar-refractivity contribution is 6.32. The van der Waals surface area contributed by atoms with Crippen LogP contribution in [0.5, 0.6) is 11.5 Å². The first-order valence-corrected chi connectivity index (χ1v) is 8.30. The first-order chi connectivity index (χ1) is 11.5. The smallest absolute Gasteiger partial charge is 0.220 e. The minimum absolute atomic E-state index is 0.213. The predicted molar refractivity (Wildman–Crippen MR) is 96.1 cm³/mol. The zero-order chi connectivity index (χ0) is 17.3. The second kappa shape index (κ2) is 6.39. The van der Waals surface area contributed by atoms with Crippen LogP contribution >= 0.6 is 11.6 Å². The number of anilines is 1. The van der Waals surface area contributed by atoms with Gasteiger partial charge in [0.2, 0.25) is 11.9 Å². The fraction of sp³-hybridized carbons (Fsp3) is 0.500. The molecule has 4 N–H and O–H groups in total. The van der Waals surface area contributed by atoms with E-state index in [2.05, 4.69) is 9.98 Å². The number of nitrogens with zero attached hydrogens (tertiary/aromatic N) is 3. The maximum absolute atomic E-state index is 6.25. The maximum atomic E-state index is 6.25. The molecule has 2 aliphatic rings. The fourth-order valence-electron chi connectivity index (χ4n) is 3.49. The molecule has 1 saturated carbocycles. The molecule has 0 amide bonds. The largest absolute Gasteiger partial charge is 0.495 e. The molecule has 0 saturated heterocycles. The molecule has 24 heavy (non-hydrogen) atoms. The molecule has 130 valence electrons. The quantitative estimate of drug-likeness (QED) is 0.871. The van der Waals surface area contributed by atoms with Crippen molar-refractivity contribution >= 4 is 29.2 Å². The van der Waals surface area contributed by atoms with Crippen LogP contribution in [0.15, 0.2) is 22.1 Å². The minimum atomic E-state index is -0.541. The molecule has 0 radical (unpaired) electrons. The topological polar surface area (TPSA) is 98.5 Å². The summed E-state index contributed by atoms with van der Waals surface area (Å²) in [4.78, 5) is 10.7. The highest BCUT2D eigenvalue weighted by Crippen LogP contribution is 2.45. The Labute approximate surface area is 146 Å². The van der Waals surface area contributed by atoms with E-state index >= 15 is 0 Å². The van der Waals surface area contributed by atoms with E-state index in [4.69, 9.17) is 32.5 Å². The Morgan fingerprint density at radius 3 is 2.38 bits per heavy atom. The van der Waals surface area contributed by atoms with Gasteiger partial charge in [-0.15, -0.1) is 0 Å². The Kier molecular flexibility index (Phi) is 4.45. The summed E-state index contributed by atoms with van der Waals surface area (Å²) in [6, 6.07) is 3.51. The van der Waals surface area contributed by atoms with Crippen LogP contribution in [0.25, 0.3) is 0 Å². The van der Waals surface area contributed by atoms with E-state index in [1.807, 2.05) is 4.90 Å². The van der Waals surface area contributed by atoms with Gasteiger partial charge in [-0.2, -0.15) is 4.99 Å². The normalized spacial score (nSPS) is 19.7. The summed E-state index contributed by atoms with van der Waals surface area (Å²) in [6.45, 7) is 0. The lowest BCUT2D eigenvalue weighted by atomic mass is 9.87. The molecule has 0 unspecified atom stereocenters. The third kappa shape index (κ3) is 2.73. The molecule has 0 bridgehead atoms. The zero-order valence-corrected chi connectivity index (χ0v) is 14.6. The van der Waals surface area contributed by atoms with Gasteiger partial charge in [0.1, 0.15) is 17.2 Å². The maximum Gasteiger partial charge on any atom is 0.220 e. The molecule has 1 aliphatic heterocycles. The molecule has 1 aromatic carbocycles. The highest BCUT2D eigenvalue weighted by atomic mass is 35.5. The van der Waals surface area contributed by atoms with Crippen molar-refractivity contribution in [2.45, 2.75) is 37.8 Å². The number of halogens is 1. The summed E-state index contributed by atoms with van der Waals surface area (Å²) in [7, 11) is 3.15. The second-order valence-electron chi connectivity index (χ2n) is 5.98. The van der Waals surface area contributed by atoms with Crippen molar-refractivity contribution in [3.05, 3.63) is 17.2 Å². The molecule has 3 rings (SSSR count). The Morgan fingerprint density at radius 2 is 1.75 bits per heavy atom. The van der Waals surface area contributed by atoms with E-state index in [1.54, 1.807) is 26.4 Å². The lowest BCUT2D eigenvalue weighted by molar-refractivity contribution is 0.302. The first kappa shape index (κ1) is 16.7. The molecular weight excluding hydrogens is 330 g/mol. The fourth-order valence-corrected chi connectivity index (χ4v) is 3.72. The summed E-state index contributed by atoms with van der Waals surface area (Å²) in [5, 5.41) is 0.464. The number of aliphatic imine (C=N–C) groups is 2. The number of hydrogen-bond acceptors (Lipinski definition) is 7. The van der Waals surface area contributed by atoms with Gasteiger partial charge in [-0.1, -0.05) is 18.0 Å². The molecule has 1 heterocycles. The van der Waals surface area contributed by atoms with Crippen LogP contribution in [0.2, 0.25) is 5.02 Å². The molecule has 8 heteroatoms. The molecule has 0 atom stereocenters. The second-order valence-corrected chi connectivity index (χ2v) is 6.38. The van der Waals surface area contributed by atoms with E-state index in [0.29, 0.717) is 22.5 Å². The van der Waals surface area contributed by atoms with Gasteiger partial charge in [0.25, 0.3) is 0 Å². The van der Waals surface area contributed by atoms with Crippen molar-refractivity contribution < 1.29 is 9.47 Å². The van der Waals surface area contributed by atoms with Crippen molar-refractivity contribution in [3.63, 3.8) is 0 Å². The van der Waals surface area contributed by atoms with Crippen LogP contribution in [-0.4, -0.2) is 31.8 Å². The standard InChI is InChI=1S/C16H22ClN5O2/c1-23-12-9-11(13(24-2)8-10(12)17)22-15(19)20-14(18)21-16(22)6-4-3-5-7-16/h8-9H,3-7H2,1-2H3,(H4,18,19,20,21). The van der Waals surface area contributed by atoms with E-state index in [9.17, 15) is 0 Å². The highest BCUT2D eigenvalue weighted by Gasteiger charge is 2.43. The summed E-state index contributed by atoms with van der Waals surface area (Å²) in [5.41, 5.74) is 12.3. The zero-order valence-electron chi connectivity index (χ0n) is 13.9. The number of guanidine groups is 2. The molecule has 0 aromatic heterocycles. The van der Waals surface area contributed by atoms with Gasteiger partial charge >= 0.3 is 0 Å². The van der Waals surface area contributed by atoms with Gasteiger partial charge in [0, 0.05) is 12.1 Å². The van der Waals surface area contributed by atoms with E-state index in [0.717, 1.165) is 31.4 Å². The van der Waals surface area contributed by atoms with Gasteiger partial charge in [0.15, 0.2) is 0 Å². The summed E-state index contributed by atoms with van der Waals surface area (Å²) in [6.07, 6.45) is 4.96. The van der Waals surface area contributed by atoms with Gasteiger partial charge in [-0.25, -0.2) is 4.99 Å². The lowest BCUT2D eigenvalue weighted by Crippen LogP contribution is -2.58. The van der Waals surface area contributed by atoms with E-state index in [1.165, 1.54) is 6.42 Å². The number of nitrogens with two attached hydrogens (primary N) is 2. The molecule has 1 aromatic rings. The monoisotopic (exact) mass is 351 g/mol. The number of rotatable bonds is 3. The number of hydrogen-bond donors (Lipinski definition) is 2. The number of benzene rings is 1. The van der Waals surface area contributed by atoms with Crippen LogP contribution in [0.1, 0.15) is 32.1 Å². The van der Waals surface area contributed by atoms with Crippen molar-refractivity contribution in [3.8, 4) is 11.5 Å². The predicted octanol–water partition coefficient (Wildman–Crippen LogP) is 2.47. The molecule has 1 aliphatic carbocycles. The average molecular weight is 352 g/mol. The number of ether oxygens (including phenoxy) is 2.